The van der Waals surface area contributed by atoms with E-state index >= 15 is 0 Å². The molecule has 0 heterocycles. The van der Waals surface area contributed by atoms with Gasteiger partial charge in [-0.3, -0.25) is 9.59 Å². The maximum atomic E-state index is 12.3. The molecule has 0 aliphatic heterocycles. The van der Waals surface area contributed by atoms with Crippen LogP contribution in [-0.4, -0.2) is 28.1 Å². The summed E-state index contributed by atoms with van der Waals surface area (Å²) in [6.07, 6.45) is -0.234. The van der Waals surface area contributed by atoms with Gasteiger partial charge in [-0.2, -0.15) is 0 Å². The Hall–Kier alpha value is -3.15. The Balaban J connectivity index is 2.14. The molecule has 24 heavy (non-hydrogen) atoms. The van der Waals surface area contributed by atoms with Crippen LogP contribution in [0.3, 0.4) is 0 Å². The van der Waals surface area contributed by atoms with Crippen LogP contribution in [-0.2, 0) is 9.59 Å². The molecule has 0 unspecified atom stereocenters. The zero-order chi connectivity index (χ0) is 17.5. The van der Waals surface area contributed by atoms with Crippen LogP contribution in [0.4, 0.5) is 5.69 Å². The van der Waals surface area contributed by atoms with Gasteiger partial charge in [-0.1, -0.05) is 42.5 Å². The second kappa shape index (κ2) is 7.92. The van der Waals surface area contributed by atoms with Gasteiger partial charge in [0.25, 0.3) is 0 Å². The lowest BCUT2D eigenvalue weighted by atomic mass is 9.92. The molecule has 1 amide bonds. The van der Waals surface area contributed by atoms with Gasteiger partial charge in [-0.25, -0.2) is 4.79 Å². The highest BCUT2D eigenvalue weighted by atomic mass is 16.4. The summed E-state index contributed by atoms with van der Waals surface area (Å²) in [7, 11) is 0. The zero-order valence-electron chi connectivity index (χ0n) is 12.8. The molecule has 0 radical (unpaired) electrons. The van der Waals surface area contributed by atoms with Gasteiger partial charge < -0.3 is 15.5 Å². The van der Waals surface area contributed by atoms with Crippen molar-refractivity contribution in [1.29, 1.82) is 0 Å². The minimum absolute atomic E-state index is 0.0136. The summed E-state index contributed by atoms with van der Waals surface area (Å²) in [5, 5.41) is 20.7. The Labute approximate surface area is 138 Å². The van der Waals surface area contributed by atoms with Crippen LogP contribution in [0.2, 0.25) is 0 Å². The fraction of sp³-hybridized carbons (Fsp3) is 0.167. The molecule has 1 atom stereocenters. The molecule has 2 rings (SSSR count). The molecule has 0 fully saturated rings. The molecule has 0 saturated heterocycles. The molecule has 2 aromatic carbocycles. The summed E-state index contributed by atoms with van der Waals surface area (Å²) in [5.41, 5.74) is 0.930. The molecule has 0 saturated carbocycles. The van der Waals surface area contributed by atoms with Gasteiger partial charge in [-0.15, -0.1) is 0 Å². The van der Waals surface area contributed by atoms with Crippen LogP contribution >= 0.6 is 0 Å². The van der Waals surface area contributed by atoms with E-state index in [1.54, 1.807) is 36.4 Å². The predicted octanol–water partition coefficient (Wildman–Crippen LogP) is 2.97. The molecule has 2 aromatic rings. The fourth-order valence-electron chi connectivity index (χ4n) is 2.45. The molecule has 0 aromatic heterocycles. The van der Waals surface area contributed by atoms with Crippen molar-refractivity contribution in [2.75, 3.05) is 5.32 Å². The topological polar surface area (TPSA) is 104 Å². The molecule has 3 N–H and O–H groups in total. The number of aromatic carboxylic acids is 1. The quantitative estimate of drug-likeness (QED) is 0.725. The number of carboxylic acid groups (broad SMARTS) is 2. The Kier molecular flexibility index (Phi) is 5.68. The maximum absolute atomic E-state index is 12.3. The predicted molar refractivity (Wildman–Crippen MR) is 88.1 cm³/mol. The lowest BCUT2D eigenvalue weighted by molar-refractivity contribution is -0.137. The number of benzene rings is 2. The third-order valence-electron chi connectivity index (χ3n) is 3.56. The number of hydrogen-bond donors (Lipinski definition) is 3. The van der Waals surface area contributed by atoms with E-state index in [-0.39, 0.29) is 24.1 Å². The van der Waals surface area contributed by atoms with E-state index in [9.17, 15) is 14.4 Å². The van der Waals surface area contributed by atoms with E-state index < -0.39 is 23.8 Å². The lowest BCUT2D eigenvalue weighted by Crippen LogP contribution is -2.19. The SMILES string of the molecule is O=C(O)C[C@@H](CC(=O)Nc1ccccc1C(=O)O)c1ccccc1. The van der Waals surface area contributed by atoms with E-state index in [1.165, 1.54) is 12.1 Å². The highest BCUT2D eigenvalue weighted by Crippen LogP contribution is 2.24. The fourth-order valence-corrected chi connectivity index (χ4v) is 2.45. The molecular formula is C18H17NO5. The van der Waals surface area contributed by atoms with Gasteiger partial charge >= 0.3 is 11.9 Å². The standard InChI is InChI=1S/C18H17NO5/c20-16(19-15-9-5-4-8-14(15)18(23)24)10-13(11-17(21)22)12-6-2-1-3-7-12/h1-9,13H,10-11H2,(H,19,20)(H,21,22)(H,23,24)/t13-/m1/s1. The van der Waals surface area contributed by atoms with E-state index in [4.69, 9.17) is 10.2 Å². The van der Waals surface area contributed by atoms with Gasteiger partial charge in [0, 0.05) is 12.3 Å². The summed E-state index contributed by atoms with van der Waals surface area (Å²) in [6.45, 7) is 0. The lowest BCUT2D eigenvalue weighted by Gasteiger charge is -2.16. The van der Waals surface area contributed by atoms with Gasteiger partial charge in [0.05, 0.1) is 17.7 Å². The molecule has 0 aliphatic rings. The maximum Gasteiger partial charge on any atom is 0.337 e. The first-order valence-electron chi connectivity index (χ1n) is 7.36. The summed E-state index contributed by atoms with van der Waals surface area (Å²) < 4.78 is 0. The first-order valence-corrected chi connectivity index (χ1v) is 7.36. The highest BCUT2D eigenvalue weighted by Gasteiger charge is 2.20. The van der Waals surface area contributed by atoms with Crippen molar-refractivity contribution in [3.05, 3.63) is 65.7 Å². The molecule has 0 bridgehead atoms. The Morgan fingerprint density at radius 1 is 0.875 bits per heavy atom. The summed E-state index contributed by atoms with van der Waals surface area (Å²) in [6, 6.07) is 15.0. The van der Waals surface area contributed by atoms with Crippen molar-refractivity contribution in [1.82, 2.24) is 0 Å². The number of rotatable bonds is 7. The minimum atomic E-state index is -1.14. The van der Waals surface area contributed by atoms with Crippen molar-refractivity contribution >= 4 is 23.5 Å². The summed E-state index contributed by atoms with van der Waals surface area (Å²) in [4.78, 5) is 34.5. The van der Waals surface area contributed by atoms with Crippen molar-refractivity contribution < 1.29 is 24.6 Å². The second-order valence-electron chi connectivity index (χ2n) is 5.31. The van der Waals surface area contributed by atoms with Gasteiger partial charge in [0.15, 0.2) is 0 Å². The van der Waals surface area contributed by atoms with Crippen molar-refractivity contribution in [3.8, 4) is 0 Å². The average molecular weight is 327 g/mol. The van der Waals surface area contributed by atoms with Crippen molar-refractivity contribution in [2.24, 2.45) is 0 Å². The molecule has 6 heteroatoms. The van der Waals surface area contributed by atoms with Crippen LogP contribution < -0.4 is 5.32 Å². The number of hydrogen-bond acceptors (Lipinski definition) is 3. The zero-order valence-corrected chi connectivity index (χ0v) is 12.8. The summed E-state index contributed by atoms with van der Waals surface area (Å²) >= 11 is 0. The van der Waals surface area contributed by atoms with E-state index in [2.05, 4.69) is 5.32 Å². The minimum Gasteiger partial charge on any atom is -0.481 e. The monoisotopic (exact) mass is 327 g/mol. The largest absolute Gasteiger partial charge is 0.481 e. The van der Waals surface area contributed by atoms with E-state index in [0.29, 0.717) is 0 Å². The highest BCUT2D eigenvalue weighted by molar-refractivity contribution is 6.00. The number of carboxylic acids is 2. The van der Waals surface area contributed by atoms with Crippen LogP contribution in [0.15, 0.2) is 54.6 Å². The Morgan fingerprint density at radius 3 is 2.12 bits per heavy atom. The third-order valence-corrected chi connectivity index (χ3v) is 3.56. The smallest absolute Gasteiger partial charge is 0.337 e. The van der Waals surface area contributed by atoms with Gasteiger partial charge in [0.1, 0.15) is 0 Å². The number of para-hydroxylation sites is 1. The molecule has 0 aliphatic carbocycles. The number of carbonyl (C=O) groups is 3. The number of amides is 1. The Morgan fingerprint density at radius 2 is 1.50 bits per heavy atom. The van der Waals surface area contributed by atoms with E-state index in [0.717, 1.165) is 5.56 Å². The van der Waals surface area contributed by atoms with Crippen molar-refractivity contribution in [3.63, 3.8) is 0 Å². The number of anilines is 1. The van der Waals surface area contributed by atoms with Gasteiger partial charge in [-0.05, 0) is 17.7 Å². The first kappa shape index (κ1) is 17.2. The number of nitrogens with one attached hydrogen (secondary N) is 1. The molecule has 0 spiro atoms. The Bertz CT molecular complexity index is 742. The van der Waals surface area contributed by atoms with Crippen LogP contribution in [0.1, 0.15) is 34.7 Å². The third kappa shape index (κ3) is 4.67. The van der Waals surface area contributed by atoms with Crippen LogP contribution in [0.25, 0.3) is 0 Å². The molecule has 124 valence electrons. The number of carbonyl (C=O) groups excluding carboxylic acids is 1. The average Bonchev–Trinajstić information content (AvgIpc) is 2.55. The van der Waals surface area contributed by atoms with Crippen LogP contribution in [0, 0.1) is 0 Å². The van der Waals surface area contributed by atoms with Crippen molar-refractivity contribution in [2.45, 2.75) is 18.8 Å². The summed E-state index contributed by atoms with van der Waals surface area (Å²) in [5.74, 6) is -3.06. The normalized spacial score (nSPS) is 11.5. The second-order valence-corrected chi connectivity index (χ2v) is 5.31. The molecule has 6 nitrogen and oxygen atoms in total. The molecular weight excluding hydrogens is 310 g/mol. The van der Waals surface area contributed by atoms with Crippen LogP contribution in [0.5, 0.6) is 0 Å². The number of aliphatic carboxylic acids is 1. The van der Waals surface area contributed by atoms with E-state index in [1.807, 2.05) is 6.07 Å². The van der Waals surface area contributed by atoms with Gasteiger partial charge in [0.2, 0.25) is 5.91 Å². The first-order chi connectivity index (χ1) is 11.5.